The van der Waals surface area contributed by atoms with Crippen molar-refractivity contribution in [1.29, 1.82) is 0 Å². The number of aliphatic carboxylic acids is 2. The molecule has 0 aliphatic heterocycles. The fourth-order valence-electron chi connectivity index (χ4n) is 3.09. The second-order valence-electron chi connectivity index (χ2n) is 7.28. The molecule has 0 spiro atoms. The van der Waals surface area contributed by atoms with E-state index in [1.54, 1.807) is 0 Å². The van der Waals surface area contributed by atoms with Gasteiger partial charge in [0.1, 0.15) is 5.78 Å². The molecular weight excluding hydrogens is 332 g/mol. The molecule has 5 nitrogen and oxygen atoms in total. The van der Waals surface area contributed by atoms with Crippen molar-refractivity contribution in [1.82, 2.24) is 0 Å². The molecule has 0 radical (unpaired) electrons. The van der Waals surface area contributed by atoms with Gasteiger partial charge < -0.3 is 10.2 Å². The van der Waals surface area contributed by atoms with Gasteiger partial charge in [-0.2, -0.15) is 0 Å². The molecule has 5 heteroatoms. The van der Waals surface area contributed by atoms with Crippen LogP contribution in [-0.4, -0.2) is 27.9 Å². The van der Waals surface area contributed by atoms with Gasteiger partial charge in [-0.05, 0) is 25.7 Å². The maximum Gasteiger partial charge on any atom is 0.303 e. The van der Waals surface area contributed by atoms with Crippen LogP contribution in [0.15, 0.2) is 0 Å². The average Bonchev–Trinajstić information content (AvgIpc) is 2.58. The van der Waals surface area contributed by atoms with E-state index in [9.17, 15) is 14.4 Å². The number of hydrogen-bond acceptors (Lipinski definition) is 3. The van der Waals surface area contributed by atoms with Crippen LogP contribution in [-0.2, 0) is 14.4 Å². The minimum Gasteiger partial charge on any atom is -0.481 e. The summed E-state index contributed by atoms with van der Waals surface area (Å²) in [6.07, 6.45) is 16.4. The van der Waals surface area contributed by atoms with E-state index < -0.39 is 11.9 Å². The molecule has 152 valence electrons. The molecule has 0 aromatic rings. The van der Waals surface area contributed by atoms with Crippen LogP contribution >= 0.6 is 0 Å². The Morgan fingerprint density at radius 1 is 0.385 bits per heavy atom. The first-order valence-corrected chi connectivity index (χ1v) is 10.5. The molecule has 0 aliphatic carbocycles. The third-order valence-electron chi connectivity index (χ3n) is 4.69. The Bertz CT molecular complexity index is 345. The van der Waals surface area contributed by atoms with Gasteiger partial charge in [0.15, 0.2) is 0 Å². The molecule has 0 unspecified atom stereocenters. The van der Waals surface area contributed by atoms with Gasteiger partial charge in [-0.3, -0.25) is 14.4 Å². The van der Waals surface area contributed by atoms with Crippen LogP contribution in [0.4, 0.5) is 0 Å². The molecule has 0 atom stereocenters. The van der Waals surface area contributed by atoms with Gasteiger partial charge in [0.2, 0.25) is 0 Å². The first-order chi connectivity index (χ1) is 12.5. The Labute approximate surface area is 158 Å². The molecule has 0 saturated carbocycles. The second-order valence-corrected chi connectivity index (χ2v) is 7.28. The Balaban J connectivity index is 3.20. The van der Waals surface area contributed by atoms with E-state index in [0.29, 0.717) is 18.6 Å². The summed E-state index contributed by atoms with van der Waals surface area (Å²) in [4.78, 5) is 32.6. The molecule has 0 aromatic heterocycles. The third-order valence-corrected chi connectivity index (χ3v) is 4.69. The molecule has 0 aliphatic rings. The molecule has 0 bridgehead atoms. The van der Waals surface area contributed by atoms with Gasteiger partial charge >= 0.3 is 11.9 Å². The van der Waals surface area contributed by atoms with Crippen LogP contribution in [0.2, 0.25) is 0 Å². The van der Waals surface area contributed by atoms with Gasteiger partial charge in [0, 0.05) is 25.7 Å². The highest BCUT2D eigenvalue weighted by Crippen LogP contribution is 2.13. The number of carboxylic acid groups (broad SMARTS) is 2. The Kier molecular flexibility index (Phi) is 17.4. The maximum absolute atomic E-state index is 11.8. The van der Waals surface area contributed by atoms with Crippen molar-refractivity contribution in [2.75, 3.05) is 0 Å². The van der Waals surface area contributed by atoms with E-state index >= 15 is 0 Å². The highest BCUT2D eigenvalue weighted by molar-refractivity contribution is 5.78. The molecular formula is C21H38O5. The highest BCUT2D eigenvalue weighted by Gasteiger charge is 2.02. The largest absolute Gasteiger partial charge is 0.481 e. The number of unbranched alkanes of at least 4 members (excludes halogenated alkanes) is 12. The first kappa shape index (κ1) is 24.6. The maximum atomic E-state index is 11.8. The smallest absolute Gasteiger partial charge is 0.303 e. The van der Waals surface area contributed by atoms with Crippen LogP contribution in [0, 0.1) is 0 Å². The van der Waals surface area contributed by atoms with Crippen LogP contribution in [0.25, 0.3) is 0 Å². The lowest BCUT2D eigenvalue weighted by Crippen LogP contribution is -1.97. The van der Waals surface area contributed by atoms with Gasteiger partial charge in [-0.25, -0.2) is 0 Å². The summed E-state index contributed by atoms with van der Waals surface area (Å²) in [5.74, 6) is -1.04. The quantitative estimate of drug-likeness (QED) is 0.266. The zero-order valence-corrected chi connectivity index (χ0v) is 16.3. The van der Waals surface area contributed by atoms with Crippen molar-refractivity contribution in [2.45, 2.75) is 116 Å². The molecule has 0 heterocycles. The Hall–Kier alpha value is -1.39. The third kappa shape index (κ3) is 20.7. The van der Waals surface area contributed by atoms with Crippen LogP contribution < -0.4 is 0 Å². The Morgan fingerprint density at radius 3 is 0.885 bits per heavy atom. The van der Waals surface area contributed by atoms with Crippen LogP contribution in [0.3, 0.4) is 0 Å². The number of carbonyl (C=O) groups excluding carboxylic acids is 1. The van der Waals surface area contributed by atoms with Crippen molar-refractivity contribution in [3.8, 4) is 0 Å². The molecule has 0 amide bonds. The van der Waals surface area contributed by atoms with E-state index in [-0.39, 0.29) is 12.8 Å². The second kappa shape index (κ2) is 18.4. The minimum atomic E-state index is -0.709. The van der Waals surface area contributed by atoms with E-state index in [1.165, 1.54) is 0 Å². The lowest BCUT2D eigenvalue weighted by Gasteiger charge is -2.03. The van der Waals surface area contributed by atoms with Crippen molar-refractivity contribution >= 4 is 17.7 Å². The lowest BCUT2D eigenvalue weighted by atomic mass is 10.0. The first-order valence-electron chi connectivity index (χ1n) is 10.5. The van der Waals surface area contributed by atoms with Crippen LogP contribution in [0.5, 0.6) is 0 Å². The number of carbonyl (C=O) groups is 3. The molecule has 0 rings (SSSR count). The van der Waals surface area contributed by atoms with E-state index in [4.69, 9.17) is 10.2 Å². The monoisotopic (exact) mass is 370 g/mol. The van der Waals surface area contributed by atoms with Gasteiger partial charge in [0.25, 0.3) is 0 Å². The summed E-state index contributed by atoms with van der Waals surface area (Å²) in [5.41, 5.74) is 0. The average molecular weight is 371 g/mol. The predicted molar refractivity (Wildman–Crippen MR) is 103 cm³/mol. The highest BCUT2D eigenvalue weighted by atomic mass is 16.4. The normalized spacial score (nSPS) is 10.8. The van der Waals surface area contributed by atoms with Gasteiger partial charge in [-0.1, -0.05) is 64.2 Å². The fraction of sp³-hybridized carbons (Fsp3) is 0.857. The fourth-order valence-corrected chi connectivity index (χ4v) is 3.09. The molecule has 0 saturated heterocycles. The SMILES string of the molecule is O=C(O)CCCCCCCCCC(=O)CCCCCCCCCC(=O)O. The van der Waals surface area contributed by atoms with Gasteiger partial charge in [-0.15, -0.1) is 0 Å². The van der Waals surface area contributed by atoms with Crippen molar-refractivity contribution in [2.24, 2.45) is 0 Å². The molecule has 26 heavy (non-hydrogen) atoms. The predicted octanol–water partition coefficient (Wildman–Crippen LogP) is 5.75. The Morgan fingerprint density at radius 2 is 0.615 bits per heavy atom. The number of hydrogen-bond donors (Lipinski definition) is 2. The summed E-state index contributed by atoms with van der Waals surface area (Å²) in [7, 11) is 0. The van der Waals surface area contributed by atoms with Crippen molar-refractivity contribution in [3.05, 3.63) is 0 Å². The van der Waals surface area contributed by atoms with E-state index in [1.807, 2.05) is 0 Å². The van der Waals surface area contributed by atoms with Crippen LogP contribution in [0.1, 0.15) is 116 Å². The number of Topliss-reactive ketones (excluding diaryl/α,β-unsaturated/α-hetero) is 1. The molecule has 0 fully saturated rings. The van der Waals surface area contributed by atoms with Crippen molar-refractivity contribution < 1.29 is 24.6 Å². The number of ketones is 1. The summed E-state index contributed by atoms with van der Waals surface area (Å²) < 4.78 is 0. The minimum absolute atomic E-state index is 0.277. The van der Waals surface area contributed by atoms with Gasteiger partial charge in [0.05, 0.1) is 0 Å². The summed E-state index contributed by atoms with van der Waals surface area (Å²) in [6.45, 7) is 0. The summed E-state index contributed by atoms with van der Waals surface area (Å²) in [5, 5.41) is 17.1. The zero-order chi connectivity index (χ0) is 19.5. The molecule has 0 aromatic carbocycles. The van der Waals surface area contributed by atoms with E-state index in [0.717, 1.165) is 89.9 Å². The zero-order valence-electron chi connectivity index (χ0n) is 16.3. The summed E-state index contributed by atoms with van der Waals surface area (Å²) >= 11 is 0. The topological polar surface area (TPSA) is 91.7 Å². The number of rotatable bonds is 20. The van der Waals surface area contributed by atoms with E-state index in [2.05, 4.69) is 0 Å². The standard InChI is InChI=1S/C21H38O5/c22-19(15-11-7-3-1-5-9-13-17-20(23)24)16-12-8-4-2-6-10-14-18-21(25)26/h1-18H2,(H,23,24)(H,25,26). The summed E-state index contributed by atoms with van der Waals surface area (Å²) in [6, 6.07) is 0. The lowest BCUT2D eigenvalue weighted by molar-refractivity contribution is -0.138. The molecule has 2 N–H and O–H groups in total. The van der Waals surface area contributed by atoms with Crippen molar-refractivity contribution in [3.63, 3.8) is 0 Å². The number of carboxylic acids is 2.